The van der Waals surface area contributed by atoms with Crippen LogP contribution in [-0.2, 0) is 0 Å². The number of benzene rings is 2. The minimum atomic E-state index is -0.249. The van der Waals surface area contributed by atoms with Gasteiger partial charge in [0, 0.05) is 36.7 Å². The maximum Gasteiger partial charge on any atom is 0.254 e. The zero-order chi connectivity index (χ0) is 19.5. The van der Waals surface area contributed by atoms with Crippen molar-refractivity contribution >= 4 is 5.91 Å². The summed E-state index contributed by atoms with van der Waals surface area (Å²) < 4.78 is 20.0. The number of carbonyl (C=O) groups excluding carboxylic acids is 1. The number of nitrogens with zero attached hydrogens (tertiary/aromatic N) is 1. The van der Waals surface area contributed by atoms with Gasteiger partial charge in [0.05, 0.1) is 13.2 Å². The first-order valence-electron chi connectivity index (χ1n) is 9.88. The Kier molecular flexibility index (Phi) is 5.59. The van der Waals surface area contributed by atoms with Crippen LogP contribution in [0.2, 0.25) is 0 Å². The van der Waals surface area contributed by atoms with Crippen LogP contribution in [0.25, 0.3) is 0 Å². The third-order valence-corrected chi connectivity index (χ3v) is 5.77. The summed E-state index contributed by atoms with van der Waals surface area (Å²) in [4.78, 5) is 15.1. The average molecular weight is 383 g/mol. The summed E-state index contributed by atoms with van der Waals surface area (Å²) in [6.45, 7) is 2.29. The van der Waals surface area contributed by atoms with Crippen molar-refractivity contribution in [1.29, 1.82) is 0 Å². The second-order valence-corrected chi connectivity index (χ2v) is 7.45. The van der Waals surface area contributed by atoms with Crippen molar-refractivity contribution in [3.63, 3.8) is 0 Å². The second-order valence-electron chi connectivity index (χ2n) is 7.45. The zero-order valence-electron chi connectivity index (χ0n) is 16.1. The minimum Gasteiger partial charge on any atom is -0.496 e. The summed E-state index contributed by atoms with van der Waals surface area (Å²) in [5.74, 6) is 0.711. The fourth-order valence-corrected chi connectivity index (χ4v) is 4.27. The van der Waals surface area contributed by atoms with Gasteiger partial charge in [-0.05, 0) is 43.0 Å². The van der Waals surface area contributed by atoms with E-state index in [4.69, 9.17) is 4.74 Å². The van der Waals surface area contributed by atoms with Crippen molar-refractivity contribution in [3.05, 3.63) is 65.0 Å². The number of piperidine rings is 1. The molecule has 6 heteroatoms. The lowest BCUT2D eigenvalue weighted by molar-refractivity contribution is 0.0607. The molecule has 2 aliphatic rings. The first kappa shape index (κ1) is 18.9. The highest BCUT2D eigenvalue weighted by Crippen LogP contribution is 2.35. The highest BCUT2D eigenvalue weighted by Gasteiger charge is 2.31. The molecule has 0 saturated carbocycles. The Bertz CT molecular complexity index is 851. The molecular weight excluding hydrogens is 357 g/mol. The molecule has 0 bridgehead atoms. The molecule has 1 unspecified atom stereocenters. The van der Waals surface area contributed by atoms with Gasteiger partial charge in [0.25, 0.3) is 5.91 Å². The van der Waals surface area contributed by atoms with Crippen LogP contribution in [-0.4, -0.2) is 37.6 Å². The smallest absolute Gasteiger partial charge is 0.254 e. The number of halogens is 1. The summed E-state index contributed by atoms with van der Waals surface area (Å²) in [7, 11) is 1.63. The topological polar surface area (TPSA) is 53.6 Å². The average Bonchev–Trinajstić information content (AvgIpc) is 3.28. The minimum absolute atomic E-state index is 0.0690. The Morgan fingerprint density at radius 3 is 2.64 bits per heavy atom. The number of likely N-dealkylation sites (tertiary alicyclic amines) is 1. The lowest BCUT2D eigenvalue weighted by atomic mass is 9.93. The summed E-state index contributed by atoms with van der Waals surface area (Å²) >= 11 is 0. The summed E-state index contributed by atoms with van der Waals surface area (Å²) in [6.07, 6.45) is 2.71. The number of hydrazine groups is 1. The molecular formula is C22H26FN3O2. The third-order valence-electron chi connectivity index (χ3n) is 5.77. The van der Waals surface area contributed by atoms with Gasteiger partial charge in [0.2, 0.25) is 0 Å². The van der Waals surface area contributed by atoms with E-state index in [9.17, 15) is 9.18 Å². The number of ether oxygens (including phenoxy) is 1. The number of hydrogen-bond donors (Lipinski definition) is 2. The van der Waals surface area contributed by atoms with Gasteiger partial charge in [0.1, 0.15) is 11.6 Å². The number of methoxy groups -OCH3 is 1. The molecule has 28 heavy (non-hydrogen) atoms. The fraction of sp³-hybridized carbons (Fsp3) is 0.409. The molecule has 2 fully saturated rings. The predicted molar refractivity (Wildman–Crippen MR) is 106 cm³/mol. The van der Waals surface area contributed by atoms with E-state index in [1.165, 1.54) is 6.07 Å². The van der Waals surface area contributed by atoms with E-state index in [1.807, 2.05) is 29.2 Å². The lowest BCUT2D eigenvalue weighted by Gasteiger charge is -2.36. The molecule has 148 valence electrons. The number of rotatable bonds is 4. The molecule has 4 rings (SSSR count). The van der Waals surface area contributed by atoms with E-state index < -0.39 is 0 Å². The molecule has 2 N–H and O–H groups in total. The van der Waals surface area contributed by atoms with Crippen LogP contribution < -0.4 is 15.6 Å². The first-order chi connectivity index (χ1) is 13.7. The molecule has 2 saturated heterocycles. The zero-order valence-corrected chi connectivity index (χ0v) is 16.1. The highest BCUT2D eigenvalue weighted by molar-refractivity contribution is 5.95. The second kappa shape index (κ2) is 8.29. The Balaban J connectivity index is 1.62. The molecule has 2 aromatic carbocycles. The lowest BCUT2D eigenvalue weighted by Crippen LogP contribution is -2.38. The van der Waals surface area contributed by atoms with Crippen LogP contribution in [0.3, 0.4) is 0 Å². The summed E-state index contributed by atoms with van der Waals surface area (Å²) in [5, 5.41) is 0. The van der Waals surface area contributed by atoms with E-state index in [0.717, 1.165) is 43.7 Å². The van der Waals surface area contributed by atoms with Gasteiger partial charge in [-0.25, -0.2) is 4.39 Å². The molecule has 5 nitrogen and oxygen atoms in total. The van der Waals surface area contributed by atoms with Gasteiger partial charge in [-0.15, -0.1) is 0 Å². The van der Waals surface area contributed by atoms with Gasteiger partial charge >= 0.3 is 0 Å². The standard InChI is InChI=1S/C22H26FN3O2/c1-28-21-12-15(9-10-17(21)16-13-24-25-14-16)22(27)26-11-5-4-8-20(26)18-6-2-3-7-19(18)23/h2-3,6-7,9-10,12,16,20,24-25H,4-5,8,11,13-14H2,1H3. The molecule has 1 amide bonds. The predicted octanol–water partition coefficient (Wildman–Crippen LogP) is 3.39. The van der Waals surface area contributed by atoms with Gasteiger partial charge in [0.15, 0.2) is 0 Å². The van der Waals surface area contributed by atoms with Crippen LogP contribution in [0.5, 0.6) is 5.75 Å². The number of amides is 1. The van der Waals surface area contributed by atoms with E-state index >= 15 is 0 Å². The first-order valence-corrected chi connectivity index (χ1v) is 9.88. The SMILES string of the molecule is COc1cc(C(=O)N2CCCCC2c2ccccc2F)ccc1C1CNNC1. The van der Waals surface area contributed by atoms with Gasteiger partial charge < -0.3 is 9.64 Å². The molecule has 2 heterocycles. The maximum absolute atomic E-state index is 14.4. The van der Waals surface area contributed by atoms with Crippen molar-refractivity contribution in [3.8, 4) is 5.75 Å². The summed E-state index contributed by atoms with van der Waals surface area (Å²) in [5.41, 5.74) is 8.52. The molecule has 2 aromatic rings. The van der Waals surface area contributed by atoms with E-state index in [2.05, 4.69) is 10.9 Å². The molecule has 2 aliphatic heterocycles. The van der Waals surface area contributed by atoms with Gasteiger partial charge in [-0.1, -0.05) is 24.3 Å². The molecule has 0 radical (unpaired) electrons. The number of carbonyl (C=O) groups is 1. The summed E-state index contributed by atoms with van der Waals surface area (Å²) in [6, 6.07) is 12.2. The van der Waals surface area contributed by atoms with Crippen LogP contribution >= 0.6 is 0 Å². The Labute approximate surface area is 164 Å². The van der Waals surface area contributed by atoms with Crippen LogP contribution in [0.4, 0.5) is 4.39 Å². The number of nitrogens with one attached hydrogen (secondary N) is 2. The van der Waals surface area contributed by atoms with Crippen LogP contribution in [0.15, 0.2) is 42.5 Å². The molecule has 0 aliphatic carbocycles. The third kappa shape index (κ3) is 3.62. The van der Waals surface area contributed by atoms with Gasteiger partial charge in [-0.3, -0.25) is 15.6 Å². The van der Waals surface area contributed by atoms with E-state index in [-0.39, 0.29) is 17.8 Å². The fourth-order valence-electron chi connectivity index (χ4n) is 4.27. The van der Waals surface area contributed by atoms with E-state index in [1.54, 1.807) is 19.2 Å². The molecule has 0 aromatic heterocycles. The van der Waals surface area contributed by atoms with Crippen LogP contribution in [0, 0.1) is 5.82 Å². The Morgan fingerprint density at radius 1 is 1.11 bits per heavy atom. The normalized spacial score (nSPS) is 20.4. The monoisotopic (exact) mass is 383 g/mol. The Morgan fingerprint density at radius 2 is 1.89 bits per heavy atom. The van der Waals surface area contributed by atoms with Crippen molar-refractivity contribution < 1.29 is 13.9 Å². The van der Waals surface area contributed by atoms with Crippen LogP contribution in [0.1, 0.15) is 52.7 Å². The largest absolute Gasteiger partial charge is 0.496 e. The van der Waals surface area contributed by atoms with Crippen molar-refractivity contribution in [2.75, 3.05) is 26.7 Å². The van der Waals surface area contributed by atoms with E-state index in [0.29, 0.717) is 23.6 Å². The molecule has 1 atom stereocenters. The van der Waals surface area contributed by atoms with Gasteiger partial charge in [-0.2, -0.15) is 0 Å². The highest BCUT2D eigenvalue weighted by atomic mass is 19.1. The Hall–Kier alpha value is -2.44. The molecule has 0 spiro atoms. The maximum atomic E-state index is 14.4. The van der Waals surface area contributed by atoms with Crippen molar-refractivity contribution in [2.24, 2.45) is 0 Å². The quantitative estimate of drug-likeness (QED) is 0.850. The van der Waals surface area contributed by atoms with Crippen molar-refractivity contribution in [1.82, 2.24) is 15.8 Å². The number of hydrogen-bond acceptors (Lipinski definition) is 4. The van der Waals surface area contributed by atoms with Crippen molar-refractivity contribution in [2.45, 2.75) is 31.2 Å².